The summed E-state index contributed by atoms with van der Waals surface area (Å²) in [5.74, 6) is -3.34. The van der Waals surface area contributed by atoms with Gasteiger partial charge in [0, 0.05) is 12.4 Å². The lowest BCUT2D eigenvalue weighted by Gasteiger charge is -2.26. The van der Waals surface area contributed by atoms with Crippen LogP contribution in [0.5, 0.6) is 0 Å². The zero-order chi connectivity index (χ0) is 39.7. The fourth-order valence-electron chi connectivity index (χ4n) is 7.12. The molecule has 19 heteroatoms. The number of ether oxygens (including phenoxy) is 4. The molecule has 4 aliphatic rings. The summed E-state index contributed by atoms with van der Waals surface area (Å²) in [6, 6.07) is 14.9. The molecule has 296 valence electrons. The largest absolute Gasteiger partial charge is 0.344 e. The molecular formula is C38H36F2N8O7S2. The number of benzene rings is 2. The van der Waals surface area contributed by atoms with Gasteiger partial charge in [-0.1, -0.05) is 47.8 Å². The van der Waals surface area contributed by atoms with Gasteiger partial charge in [0.25, 0.3) is 11.5 Å². The first-order valence-corrected chi connectivity index (χ1v) is 20.3. The van der Waals surface area contributed by atoms with Crippen LogP contribution in [0.3, 0.4) is 0 Å². The Morgan fingerprint density at radius 3 is 1.88 bits per heavy atom. The molecule has 0 atom stereocenters. The van der Waals surface area contributed by atoms with Crippen molar-refractivity contribution >= 4 is 35.3 Å². The van der Waals surface area contributed by atoms with Crippen LogP contribution < -0.4 is 5.56 Å². The van der Waals surface area contributed by atoms with Gasteiger partial charge in [0.2, 0.25) is 17.5 Å². The van der Waals surface area contributed by atoms with E-state index in [1.807, 2.05) is 17.2 Å². The fourth-order valence-corrected chi connectivity index (χ4v) is 7.84. The Kier molecular flexibility index (Phi) is 10.9. The number of carbonyl (C=O) groups excluding carboxylic acids is 2. The Morgan fingerprint density at radius 1 is 0.702 bits per heavy atom. The third-order valence-corrected chi connectivity index (χ3v) is 10.9. The quantitative estimate of drug-likeness (QED) is 0.172. The highest BCUT2D eigenvalue weighted by Crippen LogP contribution is 2.37. The van der Waals surface area contributed by atoms with Crippen molar-refractivity contribution in [1.82, 2.24) is 39.3 Å². The molecule has 9 rings (SSSR count). The van der Waals surface area contributed by atoms with Gasteiger partial charge < -0.3 is 18.9 Å². The van der Waals surface area contributed by atoms with E-state index in [1.54, 1.807) is 41.2 Å². The lowest BCUT2D eigenvalue weighted by Crippen LogP contribution is -2.45. The van der Waals surface area contributed by atoms with Gasteiger partial charge in [0.1, 0.15) is 17.3 Å². The van der Waals surface area contributed by atoms with E-state index in [1.165, 1.54) is 70.1 Å². The van der Waals surface area contributed by atoms with Gasteiger partial charge in [0.05, 0.1) is 76.0 Å². The molecule has 0 N–H and O–H groups in total. The number of amides is 2. The average Bonchev–Trinajstić information content (AvgIpc) is 4.08. The minimum Gasteiger partial charge on any atom is -0.344 e. The van der Waals surface area contributed by atoms with Crippen LogP contribution in [0.1, 0.15) is 16.1 Å². The fraction of sp³-hybridized carbons (Fsp3) is 0.342. The van der Waals surface area contributed by atoms with Gasteiger partial charge in [-0.15, -0.1) is 0 Å². The Hall–Kier alpha value is -5.05. The van der Waals surface area contributed by atoms with Crippen LogP contribution in [0, 0.1) is 11.6 Å². The molecule has 15 nitrogen and oxygen atoms in total. The number of aromatic nitrogens is 6. The minimum absolute atomic E-state index is 0.0139. The molecule has 2 aromatic carbocycles. The SMILES string of the molecule is CSc1nccc(-c2c(-c3ccc(F)cc3)c(=O)n3n2CC2(C3)OCCO2)n1.CSc1nccc(C(=O)N2CC3(CN2C(=O)Cc2ccc(F)cc2)OCCO3)n1. The van der Waals surface area contributed by atoms with E-state index in [0.717, 1.165) is 0 Å². The molecule has 57 heavy (non-hydrogen) atoms. The summed E-state index contributed by atoms with van der Waals surface area (Å²) in [4.78, 5) is 56.6. The van der Waals surface area contributed by atoms with Crippen LogP contribution in [0.25, 0.3) is 22.5 Å². The van der Waals surface area contributed by atoms with Gasteiger partial charge in [-0.3, -0.25) is 19.1 Å². The zero-order valence-electron chi connectivity index (χ0n) is 30.8. The number of thioether (sulfide) groups is 2. The van der Waals surface area contributed by atoms with Crippen molar-refractivity contribution in [3.63, 3.8) is 0 Å². The maximum Gasteiger partial charge on any atom is 0.291 e. The average molecular weight is 819 g/mol. The molecular weight excluding hydrogens is 783 g/mol. The number of halogens is 2. The Bertz CT molecular complexity index is 2350. The van der Waals surface area contributed by atoms with Crippen LogP contribution in [0.2, 0.25) is 0 Å². The highest BCUT2D eigenvalue weighted by atomic mass is 32.2. The Morgan fingerprint density at radius 2 is 1.25 bits per heavy atom. The third kappa shape index (κ3) is 7.82. The second-order valence-electron chi connectivity index (χ2n) is 13.3. The van der Waals surface area contributed by atoms with Crippen LogP contribution in [-0.2, 0) is 43.3 Å². The van der Waals surface area contributed by atoms with Gasteiger partial charge >= 0.3 is 0 Å². The van der Waals surface area contributed by atoms with E-state index in [0.29, 0.717) is 77.9 Å². The van der Waals surface area contributed by atoms with Crippen molar-refractivity contribution < 1.29 is 37.3 Å². The molecule has 2 amide bonds. The molecule has 0 saturated carbocycles. The Labute approximate surface area is 333 Å². The second kappa shape index (κ2) is 16.1. The first-order valence-electron chi connectivity index (χ1n) is 17.9. The number of hydrogen-bond donors (Lipinski definition) is 0. The van der Waals surface area contributed by atoms with E-state index < -0.39 is 17.5 Å². The summed E-state index contributed by atoms with van der Waals surface area (Å²) in [6.07, 6.45) is 6.90. The predicted octanol–water partition coefficient (Wildman–Crippen LogP) is 3.91. The molecule has 7 heterocycles. The maximum absolute atomic E-state index is 13.4. The van der Waals surface area contributed by atoms with Crippen LogP contribution >= 0.6 is 23.5 Å². The molecule has 0 bridgehead atoms. The number of carbonyl (C=O) groups is 2. The normalized spacial score (nSPS) is 17.6. The molecule has 3 fully saturated rings. The molecule has 3 saturated heterocycles. The smallest absolute Gasteiger partial charge is 0.291 e. The van der Waals surface area contributed by atoms with E-state index in [-0.39, 0.29) is 48.3 Å². The lowest BCUT2D eigenvalue weighted by molar-refractivity contribution is -0.158. The molecule has 5 aromatic rings. The molecule has 0 radical (unpaired) electrons. The zero-order valence-corrected chi connectivity index (χ0v) is 32.4. The molecule has 4 aliphatic heterocycles. The molecule has 0 unspecified atom stereocenters. The molecule has 0 aliphatic carbocycles. The lowest BCUT2D eigenvalue weighted by atomic mass is 10.0. The van der Waals surface area contributed by atoms with Crippen LogP contribution in [0.15, 0.2) is 88.2 Å². The van der Waals surface area contributed by atoms with E-state index in [9.17, 15) is 23.2 Å². The van der Waals surface area contributed by atoms with Crippen molar-refractivity contribution in [3.8, 4) is 22.5 Å². The number of rotatable bonds is 7. The highest BCUT2D eigenvalue weighted by Gasteiger charge is 2.51. The van der Waals surface area contributed by atoms with Crippen LogP contribution in [0.4, 0.5) is 8.78 Å². The topological polar surface area (TPSA) is 156 Å². The molecule has 3 aromatic heterocycles. The summed E-state index contributed by atoms with van der Waals surface area (Å²) < 4.78 is 53.1. The van der Waals surface area contributed by atoms with Gasteiger partial charge in [-0.05, 0) is 60.0 Å². The summed E-state index contributed by atoms with van der Waals surface area (Å²) in [5, 5.41) is 3.71. The first-order chi connectivity index (χ1) is 27.6. The van der Waals surface area contributed by atoms with Crippen LogP contribution in [-0.4, -0.2) is 115 Å². The predicted molar refractivity (Wildman–Crippen MR) is 203 cm³/mol. The monoisotopic (exact) mass is 818 g/mol. The number of hydrogen-bond acceptors (Lipinski definition) is 13. The summed E-state index contributed by atoms with van der Waals surface area (Å²) in [6.45, 7) is 2.67. The maximum atomic E-state index is 13.4. The summed E-state index contributed by atoms with van der Waals surface area (Å²) >= 11 is 2.74. The van der Waals surface area contributed by atoms with E-state index in [2.05, 4.69) is 19.9 Å². The van der Waals surface area contributed by atoms with Crippen molar-refractivity contribution in [2.45, 2.75) is 41.4 Å². The van der Waals surface area contributed by atoms with Gasteiger partial charge in [-0.25, -0.2) is 43.4 Å². The third-order valence-electron chi connectivity index (χ3n) is 9.73. The van der Waals surface area contributed by atoms with E-state index in [4.69, 9.17) is 18.9 Å². The standard InChI is InChI=1S/C19H19FN4O4S.C19H17FN4O3S/c1-29-18-21-7-6-15(22-18)17(26)24-12-19(27-8-9-28-19)11-23(24)16(25)10-13-2-4-14(20)5-3-13;1-28-18-21-7-6-14(22-18)16-15(12-2-4-13(20)5-3-12)17(25)24-11-19(10-23(16)24)26-8-9-27-19/h2-7H,8-12H2,1H3;2-7H,8-11H2,1H3. The number of nitrogens with zero attached hydrogens (tertiary/aromatic N) is 8. The van der Waals surface area contributed by atoms with Gasteiger partial charge in [-0.2, -0.15) is 0 Å². The highest BCUT2D eigenvalue weighted by molar-refractivity contribution is 7.98. The first kappa shape index (κ1) is 38.8. The minimum atomic E-state index is -1.04. The van der Waals surface area contributed by atoms with Crippen molar-refractivity contribution in [2.75, 3.05) is 52.0 Å². The van der Waals surface area contributed by atoms with E-state index >= 15 is 0 Å². The van der Waals surface area contributed by atoms with Crippen molar-refractivity contribution in [2.24, 2.45) is 0 Å². The summed E-state index contributed by atoms with van der Waals surface area (Å²) in [7, 11) is 0. The summed E-state index contributed by atoms with van der Waals surface area (Å²) in [5.41, 5.74) is 3.06. The number of fused-ring (bicyclic) bond motifs is 1. The second-order valence-corrected chi connectivity index (χ2v) is 14.9. The van der Waals surface area contributed by atoms with Gasteiger partial charge in [0.15, 0.2) is 10.3 Å². The Balaban J connectivity index is 0.000000160. The van der Waals surface area contributed by atoms with Crippen molar-refractivity contribution in [3.05, 3.63) is 106 Å². The number of hydrazine groups is 1. The van der Waals surface area contributed by atoms with Crippen molar-refractivity contribution in [1.29, 1.82) is 0 Å². The molecule has 2 spiro atoms.